The summed E-state index contributed by atoms with van der Waals surface area (Å²) in [6, 6.07) is 7.26. The molecule has 4 atom stereocenters. The molecule has 1 N–H and O–H groups in total. The van der Waals surface area contributed by atoms with Crippen LogP contribution in [-0.2, 0) is 14.3 Å². The molecule has 2 saturated heterocycles. The van der Waals surface area contributed by atoms with Crippen molar-refractivity contribution in [3.63, 3.8) is 0 Å². The summed E-state index contributed by atoms with van der Waals surface area (Å²) in [7, 11) is 0. The monoisotopic (exact) mass is 387 g/mol. The third-order valence-electron chi connectivity index (χ3n) is 5.62. The number of ether oxygens (including phenoxy) is 3. The first-order valence-electron chi connectivity index (χ1n) is 10.3. The number of rotatable bonds is 8. The van der Waals surface area contributed by atoms with E-state index in [2.05, 4.69) is 19.2 Å². The minimum atomic E-state index is -0.152. The molecule has 0 aromatic heterocycles. The molecule has 1 amide bonds. The van der Waals surface area contributed by atoms with E-state index in [0.717, 1.165) is 18.6 Å². The van der Waals surface area contributed by atoms with Crippen molar-refractivity contribution in [3.8, 4) is 5.75 Å². The minimum absolute atomic E-state index is 0.0144. The number of Topliss-reactive ketones (excluding diaryl/α,β-unsaturated/α-hetero) is 1. The predicted molar refractivity (Wildman–Crippen MR) is 103 cm³/mol. The fourth-order valence-corrected chi connectivity index (χ4v) is 3.90. The zero-order valence-electron chi connectivity index (χ0n) is 16.6. The van der Waals surface area contributed by atoms with Crippen LogP contribution in [0.15, 0.2) is 24.3 Å². The summed E-state index contributed by atoms with van der Waals surface area (Å²) in [5.41, 5.74) is 0.654. The highest BCUT2D eigenvalue weighted by Gasteiger charge is 2.49. The van der Waals surface area contributed by atoms with E-state index in [0.29, 0.717) is 37.7 Å². The molecule has 152 valence electrons. The molecule has 6 heteroatoms. The number of carbonyl (C=O) groups is 2. The van der Waals surface area contributed by atoms with Gasteiger partial charge in [0.05, 0.1) is 32.0 Å². The van der Waals surface area contributed by atoms with Gasteiger partial charge in [0.25, 0.3) is 0 Å². The molecule has 3 aliphatic rings. The van der Waals surface area contributed by atoms with Gasteiger partial charge in [0.2, 0.25) is 5.91 Å². The average molecular weight is 387 g/mol. The molecule has 0 bridgehead atoms. The molecule has 28 heavy (non-hydrogen) atoms. The van der Waals surface area contributed by atoms with Gasteiger partial charge in [-0.3, -0.25) is 9.59 Å². The Bertz CT molecular complexity index is 729. The lowest BCUT2D eigenvalue weighted by Gasteiger charge is -2.17. The Morgan fingerprint density at radius 1 is 1.18 bits per heavy atom. The summed E-state index contributed by atoms with van der Waals surface area (Å²) >= 11 is 0. The number of fused-ring (bicyclic) bond motifs is 1. The van der Waals surface area contributed by atoms with E-state index in [4.69, 9.17) is 14.2 Å². The number of carbonyl (C=O) groups excluding carboxylic acids is 2. The summed E-state index contributed by atoms with van der Waals surface area (Å²) in [6.45, 7) is 5.75. The van der Waals surface area contributed by atoms with Crippen molar-refractivity contribution in [1.82, 2.24) is 5.32 Å². The zero-order valence-corrected chi connectivity index (χ0v) is 16.6. The lowest BCUT2D eigenvalue weighted by atomic mass is 9.92. The summed E-state index contributed by atoms with van der Waals surface area (Å²) in [5.74, 6) is 1.51. The molecular formula is C22H29NO5. The maximum Gasteiger partial charge on any atom is 0.223 e. The molecule has 1 aromatic rings. The summed E-state index contributed by atoms with van der Waals surface area (Å²) in [4.78, 5) is 24.8. The van der Waals surface area contributed by atoms with Gasteiger partial charge in [-0.1, -0.05) is 26.0 Å². The van der Waals surface area contributed by atoms with Crippen molar-refractivity contribution in [2.45, 2.75) is 51.4 Å². The molecule has 2 heterocycles. The lowest BCUT2D eigenvalue weighted by Crippen LogP contribution is -2.44. The molecule has 4 rings (SSSR count). The largest absolute Gasteiger partial charge is 0.493 e. The van der Waals surface area contributed by atoms with Gasteiger partial charge >= 0.3 is 0 Å². The Morgan fingerprint density at radius 2 is 1.96 bits per heavy atom. The first kappa shape index (κ1) is 19.4. The first-order chi connectivity index (χ1) is 13.5. The van der Waals surface area contributed by atoms with Crippen molar-refractivity contribution in [2.24, 2.45) is 17.8 Å². The van der Waals surface area contributed by atoms with E-state index in [9.17, 15) is 9.59 Å². The normalized spacial score (nSPS) is 29.0. The number of nitrogens with one attached hydrogen (secondary N) is 1. The van der Waals surface area contributed by atoms with Crippen LogP contribution in [0.1, 0.15) is 43.5 Å². The Hall–Kier alpha value is -1.92. The number of amides is 1. The topological polar surface area (TPSA) is 73.9 Å². The van der Waals surface area contributed by atoms with Crippen LogP contribution in [0.2, 0.25) is 0 Å². The van der Waals surface area contributed by atoms with E-state index >= 15 is 0 Å². The second-order valence-corrected chi connectivity index (χ2v) is 8.61. The Labute approximate surface area is 165 Å². The van der Waals surface area contributed by atoms with Crippen molar-refractivity contribution in [3.05, 3.63) is 29.8 Å². The second kappa shape index (κ2) is 8.21. The van der Waals surface area contributed by atoms with Crippen molar-refractivity contribution >= 4 is 11.7 Å². The van der Waals surface area contributed by atoms with Gasteiger partial charge in [0, 0.05) is 23.8 Å². The highest BCUT2D eigenvalue weighted by atomic mass is 16.6. The summed E-state index contributed by atoms with van der Waals surface area (Å²) < 4.78 is 17.6. The van der Waals surface area contributed by atoms with Gasteiger partial charge in [-0.15, -0.1) is 0 Å². The van der Waals surface area contributed by atoms with Crippen LogP contribution in [0.5, 0.6) is 5.75 Å². The third-order valence-corrected chi connectivity index (χ3v) is 5.62. The van der Waals surface area contributed by atoms with Crippen molar-refractivity contribution < 1.29 is 23.8 Å². The molecule has 2 aliphatic heterocycles. The number of hydrogen-bond donors (Lipinski definition) is 1. The Morgan fingerprint density at radius 3 is 2.71 bits per heavy atom. The highest BCUT2D eigenvalue weighted by Crippen LogP contribution is 2.35. The lowest BCUT2D eigenvalue weighted by molar-refractivity contribution is -0.123. The third kappa shape index (κ3) is 4.39. The van der Waals surface area contributed by atoms with Gasteiger partial charge in [0.15, 0.2) is 5.78 Å². The van der Waals surface area contributed by atoms with E-state index in [1.807, 2.05) is 24.3 Å². The van der Waals surface area contributed by atoms with E-state index in [1.165, 1.54) is 0 Å². The van der Waals surface area contributed by atoms with E-state index in [1.54, 1.807) is 0 Å². The SMILES string of the molecule is CC(C)COc1cccc(C(=O)C[C@H]2CO[C@H]3[C@@H]2OC[C@@H]3NC(=O)C2CC2)c1. The number of ketones is 1. The van der Waals surface area contributed by atoms with Crippen LogP contribution in [0, 0.1) is 17.8 Å². The Balaban J connectivity index is 1.33. The smallest absolute Gasteiger partial charge is 0.223 e. The van der Waals surface area contributed by atoms with E-state index in [-0.39, 0.29) is 41.8 Å². The molecule has 1 aliphatic carbocycles. The predicted octanol–water partition coefficient (Wildman–Crippen LogP) is 2.60. The van der Waals surface area contributed by atoms with Gasteiger partial charge < -0.3 is 19.5 Å². The molecule has 1 aromatic carbocycles. The number of hydrogen-bond acceptors (Lipinski definition) is 5. The average Bonchev–Trinajstić information content (AvgIpc) is 3.36. The number of benzene rings is 1. The Kier molecular flexibility index (Phi) is 5.69. The van der Waals surface area contributed by atoms with Crippen LogP contribution >= 0.6 is 0 Å². The van der Waals surface area contributed by atoms with Crippen molar-refractivity contribution in [1.29, 1.82) is 0 Å². The van der Waals surface area contributed by atoms with Crippen LogP contribution in [0.25, 0.3) is 0 Å². The zero-order chi connectivity index (χ0) is 19.7. The van der Waals surface area contributed by atoms with Gasteiger partial charge in [-0.25, -0.2) is 0 Å². The molecule has 6 nitrogen and oxygen atoms in total. The van der Waals surface area contributed by atoms with Gasteiger partial charge in [0.1, 0.15) is 11.9 Å². The van der Waals surface area contributed by atoms with E-state index < -0.39 is 0 Å². The molecule has 3 fully saturated rings. The molecular weight excluding hydrogens is 358 g/mol. The standard InChI is InChI=1S/C22H29NO5/c1-13(2)10-26-17-5-3-4-15(8-17)19(24)9-16-11-27-21-18(12-28-20(16)21)23-22(25)14-6-7-14/h3-5,8,13-14,16,18,20-21H,6-7,9-12H2,1-2H3,(H,23,25)/t16-,18-,20+,21+/m0/s1. The summed E-state index contributed by atoms with van der Waals surface area (Å²) in [6.07, 6.45) is 2.05. The maximum atomic E-state index is 12.8. The molecule has 0 unspecified atom stereocenters. The van der Waals surface area contributed by atoms with Crippen LogP contribution < -0.4 is 10.1 Å². The van der Waals surface area contributed by atoms with Crippen LogP contribution in [0.3, 0.4) is 0 Å². The summed E-state index contributed by atoms with van der Waals surface area (Å²) in [5, 5.41) is 3.06. The second-order valence-electron chi connectivity index (χ2n) is 8.61. The maximum absolute atomic E-state index is 12.8. The molecule has 0 spiro atoms. The fraction of sp³-hybridized carbons (Fsp3) is 0.636. The van der Waals surface area contributed by atoms with Gasteiger partial charge in [-0.2, -0.15) is 0 Å². The quantitative estimate of drug-likeness (QED) is 0.694. The molecule has 1 saturated carbocycles. The molecule has 0 radical (unpaired) electrons. The fourth-order valence-electron chi connectivity index (χ4n) is 3.90. The van der Waals surface area contributed by atoms with Crippen molar-refractivity contribution in [2.75, 3.05) is 19.8 Å². The van der Waals surface area contributed by atoms with Gasteiger partial charge in [-0.05, 0) is 30.9 Å². The van der Waals surface area contributed by atoms with Crippen LogP contribution in [-0.4, -0.2) is 49.8 Å². The highest BCUT2D eigenvalue weighted by molar-refractivity contribution is 5.96. The minimum Gasteiger partial charge on any atom is -0.493 e. The first-order valence-corrected chi connectivity index (χ1v) is 10.3. The van der Waals surface area contributed by atoms with Crippen LogP contribution in [0.4, 0.5) is 0 Å².